The molecule has 1 aromatic carbocycles. The van der Waals surface area contributed by atoms with Crippen LogP contribution in [0.3, 0.4) is 0 Å². The predicted octanol–water partition coefficient (Wildman–Crippen LogP) is 2.09. The number of aliphatic imine (C=N–C) groups is 1. The lowest BCUT2D eigenvalue weighted by molar-refractivity contribution is -0.138. The van der Waals surface area contributed by atoms with Crippen molar-refractivity contribution < 1.29 is 14.7 Å². The molecule has 27 heavy (non-hydrogen) atoms. The number of nitrogens with one attached hydrogen (secondary N) is 2. The predicted molar refractivity (Wildman–Crippen MR) is 105 cm³/mol. The van der Waals surface area contributed by atoms with E-state index in [4.69, 9.17) is 5.11 Å². The van der Waals surface area contributed by atoms with Crippen molar-refractivity contribution in [1.82, 2.24) is 10.2 Å². The van der Waals surface area contributed by atoms with Crippen LogP contribution in [0.25, 0.3) is 0 Å². The molecule has 2 aliphatic heterocycles. The van der Waals surface area contributed by atoms with E-state index < -0.39 is 5.97 Å². The van der Waals surface area contributed by atoms with Gasteiger partial charge in [-0.3, -0.25) is 14.6 Å². The third kappa shape index (κ3) is 5.98. The maximum Gasteiger partial charge on any atom is 0.303 e. The lowest BCUT2D eigenvalue weighted by Crippen LogP contribution is -2.39. The Morgan fingerprint density at radius 1 is 1.30 bits per heavy atom. The summed E-state index contributed by atoms with van der Waals surface area (Å²) in [5, 5.41) is 15.3. The van der Waals surface area contributed by atoms with E-state index in [1.807, 2.05) is 29.2 Å². The third-order valence-electron chi connectivity index (χ3n) is 5.18. The zero-order valence-corrected chi connectivity index (χ0v) is 15.6. The summed E-state index contributed by atoms with van der Waals surface area (Å²) >= 11 is 0. The fraction of sp³-hybridized carbons (Fsp3) is 0.550. The van der Waals surface area contributed by atoms with Gasteiger partial charge < -0.3 is 20.6 Å². The van der Waals surface area contributed by atoms with Gasteiger partial charge in [0.1, 0.15) is 0 Å². The smallest absolute Gasteiger partial charge is 0.303 e. The van der Waals surface area contributed by atoms with Gasteiger partial charge in [-0.25, -0.2) is 0 Å². The second kappa shape index (κ2) is 9.39. The molecule has 0 saturated carbocycles. The molecule has 1 amide bonds. The summed E-state index contributed by atoms with van der Waals surface area (Å²) in [7, 11) is 0. The van der Waals surface area contributed by atoms with Crippen LogP contribution in [-0.4, -0.2) is 54.0 Å². The molecular weight excluding hydrogens is 344 g/mol. The second-order valence-corrected chi connectivity index (χ2v) is 7.27. The van der Waals surface area contributed by atoms with Crippen LogP contribution in [0.1, 0.15) is 37.7 Å². The van der Waals surface area contributed by atoms with Crippen molar-refractivity contribution in [2.45, 2.75) is 38.5 Å². The van der Waals surface area contributed by atoms with Crippen molar-refractivity contribution in [3.63, 3.8) is 0 Å². The monoisotopic (exact) mass is 372 g/mol. The number of carbonyl (C=O) groups is 2. The maximum absolute atomic E-state index is 12.6. The number of benzene rings is 1. The summed E-state index contributed by atoms with van der Waals surface area (Å²) in [6.45, 7) is 3.20. The number of likely N-dealkylation sites (tertiary alicyclic amines) is 1. The summed E-state index contributed by atoms with van der Waals surface area (Å²) in [6, 6.07) is 7.89. The molecule has 1 saturated heterocycles. The van der Waals surface area contributed by atoms with Crippen LogP contribution in [0.5, 0.6) is 0 Å². The first-order valence-electron chi connectivity index (χ1n) is 9.74. The van der Waals surface area contributed by atoms with Crippen molar-refractivity contribution >= 4 is 23.5 Å². The molecule has 2 aliphatic rings. The minimum absolute atomic E-state index is 0.136. The number of rotatable bonds is 6. The van der Waals surface area contributed by atoms with Crippen LogP contribution >= 0.6 is 0 Å². The number of guanidine groups is 1. The van der Waals surface area contributed by atoms with Gasteiger partial charge in [0.25, 0.3) is 0 Å². The summed E-state index contributed by atoms with van der Waals surface area (Å²) in [4.78, 5) is 29.6. The van der Waals surface area contributed by atoms with Gasteiger partial charge in [0.2, 0.25) is 5.91 Å². The number of hydrogen-bond donors (Lipinski definition) is 3. The highest BCUT2D eigenvalue weighted by Crippen LogP contribution is 2.22. The molecule has 0 spiro atoms. The molecule has 0 bridgehead atoms. The molecule has 0 unspecified atom stereocenters. The first-order chi connectivity index (χ1) is 13.1. The fourth-order valence-electron chi connectivity index (χ4n) is 3.60. The Morgan fingerprint density at radius 3 is 2.81 bits per heavy atom. The standard InChI is InChI=1S/C20H28N4O3/c25-18(24-11-7-15(8-12-24)5-6-19(26)27)14-16-3-1-4-17(13-16)23-20-21-9-2-10-22-20/h1,3-4,13,15H,2,5-12,14H2,(H,26,27)(H2,21,22,23). The number of nitrogens with zero attached hydrogens (tertiary/aromatic N) is 2. The van der Waals surface area contributed by atoms with Crippen LogP contribution < -0.4 is 10.6 Å². The molecule has 3 N–H and O–H groups in total. The van der Waals surface area contributed by atoms with Crippen LogP contribution in [0.2, 0.25) is 0 Å². The van der Waals surface area contributed by atoms with E-state index in [0.717, 1.165) is 62.7 Å². The average Bonchev–Trinajstić information content (AvgIpc) is 2.68. The normalized spacial score (nSPS) is 17.8. The number of amides is 1. The largest absolute Gasteiger partial charge is 0.481 e. The third-order valence-corrected chi connectivity index (χ3v) is 5.18. The molecular formula is C20H28N4O3. The highest BCUT2D eigenvalue weighted by atomic mass is 16.4. The van der Waals surface area contributed by atoms with Gasteiger partial charge in [-0.05, 0) is 49.3 Å². The van der Waals surface area contributed by atoms with Crippen molar-refractivity contribution in [2.24, 2.45) is 10.9 Å². The molecule has 1 fully saturated rings. The highest BCUT2D eigenvalue weighted by molar-refractivity contribution is 5.94. The topological polar surface area (TPSA) is 94.0 Å². The first-order valence-corrected chi connectivity index (χ1v) is 9.74. The minimum atomic E-state index is -0.739. The SMILES string of the molecule is O=C(O)CCC1CCN(C(=O)Cc2cccc(NC3=NCCCN3)c2)CC1. The van der Waals surface area contributed by atoms with Gasteiger partial charge in [0.15, 0.2) is 5.96 Å². The molecule has 3 rings (SSSR count). The molecule has 146 valence electrons. The van der Waals surface area contributed by atoms with Gasteiger partial charge in [0.05, 0.1) is 6.42 Å². The van der Waals surface area contributed by atoms with Gasteiger partial charge in [0, 0.05) is 38.3 Å². The number of carbonyl (C=O) groups excluding carboxylic acids is 1. The molecule has 0 aliphatic carbocycles. The number of carboxylic acid groups (broad SMARTS) is 1. The number of aliphatic carboxylic acids is 1. The van der Waals surface area contributed by atoms with E-state index in [0.29, 0.717) is 18.8 Å². The Hall–Kier alpha value is -2.57. The second-order valence-electron chi connectivity index (χ2n) is 7.27. The molecule has 0 atom stereocenters. The van der Waals surface area contributed by atoms with Crippen molar-refractivity contribution in [2.75, 3.05) is 31.5 Å². The van der Waals surface area contributed by atoms with Crippen LogP contribution in [-0.2, 0) is 16.0 Å². The van der Waals surface area contributed by atoms with E-state index in [9.17, 15) is 9.59 Å². The Morgan fingerprint density at radius 2 is 2.11 bits per heavy atom. The summed E-state index contributed by atoms with van der Waals surface area (Å²) in [5.41, 5.74) is 1.91. The lowest BCUT2D eigenvalue weighted by Gasteiger charge is -2.32. The molecule has 2 heterocycles. The Kier molecular flexibility index (Phi) is 6.68. The van der Waals surface area contributed by atoms with E-state index in [1.165, 1.54) is 0 Å². The zero-order chi connectivity index (χ0) is 19.1. The fourth-order valence-corrected chi connectivity index (χ4v) is 3.60. The summed E-state index contributed by atoms with van der Waals surface area (Å²) < 4.78 is 0. The Balaban J connectivity index is 1.49. The van der Waals surface area contributed by atoms with Crippen molar-refractivity contribution in [3.8, 4) is 0 Å². The van der Waals surface area contributed by atoms with E-state index in [2.05, 4.69) is 15.6 Å². The van der Waals surface area contributed by atoms with Gasteiger partial charge in [-0.1, -0.05) is 12.1 Å². The molecule has 7 heteroatoms. The van der Waals surface area contributed by atoms with E-state index >= 15 is 0 Å². The van der Waals surface area contributed by atoms with Crippen molar-refractivity contribution in [3.05, 3.63) is 29.8 Å². The molecule has 0 radical (unpaired) electrons. The highest BCUT2D eigenvalue weighted by Gasteiger charge is 2.23. The number of piperidine rings is 1. The first kappa shape index (κ1) is 19.2. The van der Waals surface area contributed by atoms with Crippen molar-refractivity contribution in [1.29, 1.82) is 0 Å². The van der Waals surface area contributed by atoms with E-state index in [1.54, 1.807) is 0 Å². The van der Waals surface area contributed by atoms with Crippen LogP contribution in [0, 0.1) is 5.92 Å². The quantitative estimate of drug-likeness (QED) is 0.711. The minimum Gasteiger partial charge on any atom is -0.481 e. The van der Waals surface area contributed by atoms with Gasteiger partial charge in [-0.2, -0.15) is 0 Å². The number of anilines is 1. The van der Waals surface area contributed by atoms with Crippen LogP contribution in [0.4, 0.5) is 5.69 Å². The van der Waals surface area contributed by atoms with E-state index in [-0.39, 0.29) is 12.3 Å². The Labute approximate surface area is 159 Å². The van der Waals surface area contributed by atoms with Crippen LogP contribution in [0.15, 0.2) is 29.3 Å². The number of carboxylic acids is 1. The van der Waals surface area contributed by atoms with Gasteiger partial charge >= 0.3 is 5.97 Å². The molecule has 0 aromatic heterocycles. The Bertz CT molecular complexity index is 696. The molecule has 1 aromatic rings. The zero-order valence-electron chi connectivity index (χ0n) is 15.6. The maximum atomic E-state index is 12.6. The lowest BCUT2D eigenvalue weighted by atomic mass is 9.92. The van der Waals surface area contributed by atoms with Gasteiger partial charge in [-0.15, -0.1) is 0 Å². The summed E-state index contributed by atoms with van der Waals surface area (Å²) in [5.74, 6) is 0.600. The summed E-state index contributed by atoms with van der Waals surface area (Å²) in [6.07, 6.45) is 4.15. The molecule has 7 nitrogen and oxygen atoms in total. The average molecular weight is 372 g/mol. The number of hydrogen-bond acceptors (Lipinski definition) is 5.